The SMILES string of the molecule is CCOC(=O)CCNC(=O)N=C(c1ccccc1)N1CCNCC1. The number of carbonyl (C=O) groups is 2. The second-order valence-electron chi connectivity index (χ2n) is 5.33. The van der Waals surface area contributed by atoms with Gasteiger partial charge in [-0.05, 0) is 6.92 Å². The third-order valence-corrected chi connectivity index (χ3v) is 3.57. The quantitative estimate of drug-likeness (QED) is 0.477. The Kier molecular flexibility index (Phi) is 7.22. The van der Waals surface area contributed by atoms with Gasteiger partial charge >= 0.3 is 12.0 Å². The minimum absolute atomic E-state index is 0.142. The van der Waals surface area contributed by atoms with E-state index in [1.807, 2.05) is 30.3 Å². The lowest BCUT2D eigenvalue weighted by molar-refractivity contribution is -0.142. The summed E-state index contributed by atoms with van der Waals surface area (Å²) in [6.45, 7) is 5.61. The Hall–Kier alpha value is -2.41. The average Bonchev–Trinajstić information content (AvgIpc) is 2.61. The molecule has 2 amide bonds. The van der Waals surface area contributed by atoms with E-state index < -0.39 is 6.03 Å². The molecule has 1 fully saturated rings. The van der Waals surface area contributed by atoms with Crippen molar-refractivity contribution < 1.29 is 14.3 Å². The number of esters is 1. The van der Waals surface area contributed by atoms with Crippen LogP contribution in [0.5, 0.6) is 0 Å². The molecule has 130 valence electrons. The van der Waals surface area contributed by atoms with Crippen LogP contribution < -0.4 is 10.6 Å². The van der Waals surface area contributed by atoms with Gasteiger partial charge in [-0.15, -0.1) is 0 Å². The van der Waals surface area contributed by atoms with Gasteiger partial charge < -0.3 is 20.3 Å². The molecule has 7 nitrogen and oxygen atoms in total. The number of nitrogens with zero attached hydrogens (tertiary/aromatic N) is 2. The Bertz CT molecular complexity index is 568. The van der Waals surface area contributed by atoms with E-state index in [1.165, 1.54) is 0 Å². The maximum Gasteiger partial charge on any atom is 0.342 e. The molecule has 7 heteroatoms. The number of benzene rings is 1. The molecular weight excluding hydrogens is 308 g/mol. The molecule has 0 unspecified atom stereocenters. The lowest BCUT2D eigenvalue weighted by atomic mass is 10.2. The fraction of sp³-hybridized carbons (Fsp3) is 0.471. The Balaban J connectivity index is 2.01. The molecule has 0 atom stereocenters. The number of amides is 2. The lowest BCUT2D eigenvalue weighted by Crippen LogP contribution is -2.47. The number of urea groups is 1. The fourth-order valence-electron chi connectivity index (χ4n) is 2.42. The topological polar surface area (TPSA) is 83.0 Å². The van der Waals surface area contributed by atoms with Crippen LogP contribution in [-0.2, 0) is 9.53 Å². The van der Waals surface area contributed by atoms with Gasteiger partial charge in [0.15, 0.2) is 0 Å². The van der Waals surface area contributed by atoms with Crippen LogP contribution in [0, 0.1) is 0 Å². The summed E-state index contributed by atoms with van der Waals surface area (Å²) in [5.74, 6) is 0.331. The standard InChI is InChI=1S/C17H24N4O3/c1-2-24-15(22)8-9-19-17(23)20-16(14-6-4-3-5-7-14)21-12-10-18-11-13-21/h3-7,18H,2,8-13H2,1H3,(H,19,23). The zero-order chi connectivity index (χ0) is 17.2. The van der Waals surface area contributed by atoms with Crippen LogP contribution in [0.25, 0.3) is 0 Å². The maximum absolute atomic E-state index is 12.1. The minimum Gasteiger partial charge on any atom is -0.466 e. The van der Waals surface area contributed by atoms with Crippen LogP contribution in [0.3, 0.4) is 0 Å². The molecule has 0 aromatic heterocycles. The van der Waals surface area contributed by atoms with Crippen molar-refractivity contribution in [1.29, 1.82) is 0 Å². The van der Waals surface area contributed by atoms with E-state index in [-0.39, 0.29) is 18.9 Å². The molecule has 0 aliphatic carbocycles. The van der Waals surface area contributed by atoms with E-state index in [0.717, 1.165) is 31.7 Å². The van der Waals surface area contributed by atoms with Crippen molar-refractivity contribution >= 4 is 17.8 Å². The molecule has 1 aromatic rings. The Morgan fingerprint density at radius 2 is 1.96 bits per heavy atom. The van der Waals surface area contributed by atoms with Gasteiger partial charge in [-0.3, -0.25) is 4.79 Å². The average molecular weight is 332 g/mol. The van der Waals surface area contributed by atoms with Gasteiger partial charge in [0.1, 0.15) is 5.84 Å². The Labute approximate surface area is 142 Å². The number of rotatable bonds is 5. The van der Waals surface area contributed by atoms with Gasteiger partial charge in [-0.1, -0.05) is 30.3 Å². The molecule has 1 heterocycles. The fourth-order valence-corrected chi connectivity index (χ4v) is 2.42. The number of aliphatic imine (C=N–C) groups is 1. The van der Waals surface area contributed by atoms with Gasteiger partial charge in [-0.2, -0.15) is 4.99 Å². The van der Waals surface area contributed by atoms with Crippen molar-refractivity contribution in [3.05, 3.63) is 35.9 Å². The molecule has 24 heavy (non-hydrogen) atoms. The smallest absolute Gasteiger partial charge is 0.342 e. The summed E-state index contributed by atoms with van der Waals surface area (Å²) in [7, 11) is 0. The van der Waals surface area contributed by atoms with E-state index in [9.17, 15) is 9.59 Å². The predicted octanol–water partition coefficient (Wildman–Crippen LogP) is 1.00. The highest BCUT2D eigenvalue weighted by Crippen LogP contribution is 2.07. The Morgan fingerprint density at radius 1 is 1.25 bits per heavy atom. The number of nitrogens with one attached hydrogen (secondary N) is 2. The highest BCUT2D eigenvalue weighted by molar-refractivity contribution is 6.04. The van der Waals surface area contributed by atoms with E-state index in [4.69, 9.17) is 4.74 Å². The minimum atomic E-state index is -0.448. The molecule has 2 rings (SSSR count). The van der Waals surface area contributed by atoms with E-state index in [0.29, 0.717) is 12.4 Å². The van der Waals surface area contributed by atoms with Crippen molar-refractivity contribution in [3.63, 3.8) is 0 Å². The van der Waals surface area contributed by atoms with Gasteiger partial charge in [0.05, 0.1) is 13.0 Å². The second kappa shape index (κ2) is 9.67. The lowest BCUT2D eigenvalue weighted by Gasteiger charge is -2.30. The summed E-state index contributed by atoms with van der Waals surface area (Å²) in [5, 5.41) is 5.93. The first-order valence-corrected chi connectivity index (χ1v) is 8.24. The molecule has 0 radical (unpaired) electrons. The van der Waals surface area contributed by atoms with Crippen LogP contribution in [0.15, 0.2) is 35.3 Å². The zero-order valence-corrected chi connectivity index (χ0v) is 14.0. The van der Waals surface area contributed by atoms with E-state index in [1.54, 1.807) is 6.92 Å². The third kappa shape index (κ3) is 5.66. The summed E-state index contributed by atoms with van der Waals surface area (Å²) in [6.07, 6.45) is 0.142. The summed E-state index contributed by atoms with van der Waals surface area (Å²) in [4.78, 5) is 29.7. The molecule has 0 spiro atoms. The van der Waals surface area contributed by atoms with Crippen molar-refractivity contribution in [3.8, 4) is 0 Å². The monoisotopic (exact) mass is 332 g/mol. The van der Waals surface area contributed by atoms with Gasteiger partial charge in [0.2, 0.25) is 0 Å². The van der Waals surface area contributed by atoms with Crippen LogP contribution in [0.1, 0.15) is 18.9 Å². The van der Waals surface area contributed by atoms with Crippen molar-refractivity contribution in [2.45, 2.75) is 13.3 Å². The second-order valence-corrected chi connectivity index (χ2v) is 5.33. The van der Waals surface area contributed by atoms with Crippen LogP contribution in [0.4, 0.5) is 4.79 Å². The number of carbonyl (C=O) groups excluding carboxylic acids is 2. The van der Waals surface area contributed by atoms with Crippen molar-refractivity contribution in [2.75, 3.05) is 39.3 Å². The van der Waals surface area contributed by atoms with Crippen LogP contribution >= 0.6 is 0 Å². The number of hydrogen-bond acceptors (Lipinski definition) is 4. The van der Waals surface area contributed by atoms with Crippen LogP contribution in [0.2, 0.25) is 0 Å². The molecule has 0 bridgehead atoms. The first-order chi connectivity index (χ1) is 11.7. The van der Waals surface area contributed by atoms with Crippen molar-refractivity contribution in [1.82, 2.24) is 15.5 Å². The van der Waals surface area contributed by atoms with E-state index in [2.05, 4.69) is 20.5 Å². The molecule has 1 aromatic carbocycles. The summed E-state index contributed by atoms with van der Waals surface area (Å²) >= 11 is 0. The number of ether oxygens (including phenoxy) is 1. The van der Waals surface area contributed by atoms with Gasteiger partial charge in [0.25, 0.3) is 0 Å². The normalized spacial score (nSPS) is 15.0. The number of amidine groups is 1. The highest BCUT2D eigenvalue weighted by Gasteiger charge is 2.17. The summed E-state index contributed by atoms with van der Waals surface area (Å²) < 4.78 is 4.83. The molecule has 0 saturated carbocycles. The third-order valence-electron chi connectivity index (χ3n) is 3.57. The zero-order valence-electron chi connectivity index (χ0n) is 14.0. The van der Waals surface area contributed by atoms with Crippen molar-refractivity contribution in [2.24, 2.45) is 4.99 Å². The largest absolute Gasteiger partial charge is 0.466 e. The first-order valence-electron chi connectivity index (χ1n) is 8.24. The molecule has 1 aliphatic heterocycles. The molecule has 1 saturated heterocycles. The van der Waals surface area contributed by atoms with E-state index >= 15 is 0 Å². The molecule has 1 aliphatic rings. The Morgan fingerprint density at radius 3 is 2.62 bits per heavy atom. The van der Waals surface area contributed by atoms with Crippen LogP contribution in [-0.4, -0.2) is 62.1 Å². The number of piperazine rings is 1. The predicted molar refractivity (Wildman–Crippen MR) is 92.1 cm³/mol. The first kappa shape index (κ1) is 17.9. The highest BCUT2D eigenvalue weighted by atomic mass is 16.5. The maximum atomic E-state index is 12.1. The molecular formula is C17H24N4O3. The molecule has 2 N–H and O–H groups in total. The van der Waals surface area contributed by atoms with Gasteiger partial charge in [-0.25, -0.2) is 4.79 Å². The summed E-state index contributed by atoms with van der Waals surface area (Å²) in [6, 6.07) is 9.20. The summed E-state index contributed by atoms with van der Waals surface area (Å²) in [5.41, 5.74) is 0.903. The number of hydrogen-bond donors (Lipinski definition) is 2. The van der Waals surface area contributed by atoms with Gasteiger partial charge in [0, 0.05) is 38.3 Å².